The van der Waals surface area contributed by atoms with Gasteiger partial charge < -0.3 is 24.2 Å². The van der Waals surface area contributed by atoms with Crippen molar-refractivity contribution in [2.45, 2.75) is 70.4 Å². The van der Waals surface area contributed by atoms with E-state index in [1.807, 2.05) is 35.4 Å². The molecule has 2 fully saturated rings. The first-order valence-electron chi connectivity index (χ1n) is 13.7. The lowest BCUT2D eigenvalue weighted by Gasteiger charge is -2.37. The minimum atomic E-state index is -0.617. The Kier molecular flexibility index (Phi) is 9.73. The molecule has 0 radical (unpaired) electrons. The number of carbonyl (C=O) groups excluding carboxylic acids is 1. The molecular weight excluding hydrogens is 487 g/mol. The Morgan fingerprint density at radius 1 is 1.16 bits per heavy atom. The second kappa shape index (κ2) is 13.0. The average molecular weight is 531 g/mol. The lowest BCUT2D eigenvalue weighted by molar-refractivity contribution is -0.129. The van der Waals surface area contributed by atoms with Gasteiger partial charge in [-0.2, -0.15) is 0 Å². The number of halogens is 1. The summed E-state index contributed by atoms with van der Waals surface area (Å²) in [6.07, 6.45) is 4.71. The predicted octanol–water partition coefficient (Wildman–Crippen LogP) is 3.28. The minimum absolute atomic E-state index is 0.118. The second-order valence-corrected chi connectivity index (χ2v) is 10.8. The molecule has 2 aliphatic rings. The smallest absolute Gasteiger partial charge is 0.219 e. The van der Waals surface area contributed by atoms with Crippen molar-refractivity contribution in [2.24, 2.45) is 0 Å². The Balaban J connectivity index is 1.36. The summed E-state index contributed by atoms with van der Waals surface area (Å²) in [5.41, 5.74) is 2.82. The van der Waals surface area contributed by atoms with Crippen LogP contribution in [0.2, 0.25) is 0 Å². The lowest BCUT2D eigenvalue weighted by Crippen LogP contribution is -2.48. The fourth-order valence-electron chi connectivity index (χ4n) is 5.75. The van der Waals surface area contributed by atoms with Gasteiger partial charge in [-0.1, -0.05) is 17.3 Å². The number of ether oxygens (including phenoxy) is 2. The molecule has 3 heterocycles. The van der Waals surface area contributed by atoms with Crippen LogP contribution in [0.5, 0.6) is 0 Å². The van der Waals surface area contributed by atoms with Gasteiger partial charge in [0.05, 0.1) is 17.9 Å². The highest BCUT2D eigenvalue weighted by atomic mass is 19.1. The second-order valence-electron chi connectivity index (χ2n) is 10.8. The number of anilines is 1. The number of aromatic nitrogens is 3. The average Bonchev–Trinajstić information content (AvgIpc) is 3.38. The summed E-state index contributed by atoms with van der Waals surface area (Å²) in [6, 6.07) is 7.95. The van der Waals surface area contributed by atoms with Crippen LogP contribution in [0.25, 0.3) is 0 Å². The molecule has 1 aromatic heterocycles. The van der Waals surface area contributed by atoms with Crippen LogP contribution in [0.15, 0.2) is 30.5 Å². The van der Waals surface area contributed by atoms with E-state index >= 15 is 0 Å². The van der Waals surface area contributed by atoms with Gasteiger partial charge in [0.1, 0.15) is 18.8 Å². The van der Waals surface area contributed by atoms with E-state index in [0.29, 0.717) is 6.04 Å². The van der Waals surface area contributed by atoms with E-state index < -0.39 is 18.8 Å². The van der Waals surface area contributed by atoms with Crippen LogP contribution in [0.3, 0.4) is 0 Å². The number of amides is 1. The van der Waals surface area contributed by atoms with E-state index in [2.05, 4.69) is 41.0 Å². The van der Waals surface area contributed by atoms with Crippen molar-refractivity contribution in [3.05, 3.63) is 41.7 Å². The molecule has 1 amide bonds. The molecule has 1 aromatic carbocycles. The van der Waals surface area contributed by atoms with Gasteiger partial charge in [-0.25, -0.2) is 9.07 Å². The van der Waals surface area contributed by atoms with Crippen molar-refractivity contribution in [1.29, 1.82) is 0 Å². The Bertz CT molecular complexity index is 1020. The third-order valence-corrected chi connectivity index (χ3v) is 7.99. The summed E-state index contributed by atoms with van der Waals surface area (Å²) in [5, 5.41) is 8.62. The van der Waals surface area contributed by atoms with Gasteiger partial charge in [-0.3, -0.25) is 4.79 Å². The molecule has 9 nitrogen and oxygen atoms in total. The number of methoxy groups -OCH3 is 1. The van der Waals surface area contributed by atoms with Crippen LogP contribution in [0.1, 0.15) is 57.0 Å². The molecule has 5 atom stereocenters. The van der Waals surface area contributed by atoms with Crippen molar-refractivity contribution >= 4 is 11.6 Å². The first kappa shape index (κ1) is 28.4. The highest BCUT2D eigenvalue weighted by Gasteiger charge is 2.29. The maximum Gasteiger partial charge on any atom is 0.219 e. The van der Waals surface area contributed by atoms with Gasteiger partial charge in [0, 0.05) is 71.1 Å². The van der Waals surface area contributed by atoms with Crippen LogP contribution in [0.4, 0.5) is 10.1 Å². The molecule has 4 rings (SSSR count). The molecule has 0 spiro atoms. The topological polar surface area (TPSA) is 76.0 Å². The molecule has 2 saturated heterocycles. The number of piperazine rings is 1. The van der Waals surface area contributed by atoms with Crippen LogP contribution in [-0.4, -0.2) is 103 Å². The number of hydrogen-bond acceptors (Lipinski definition) is 7. The van der Waals surface area contributed by atoms with E-state index in [-0.39, 0.29) is 18.1 Å². The molecule has 2 aliphatic heterocycles. The summed E-state index contributed by atoms with van der Waals surface area (Å²) < 4.78 is 27.6. The highest BCUT2D eigenvalue weighted by molar-refractivity contribution is 5.73. The summed E-state index contributed by atoms with van der Waals surface area (Å²) in [6.45, 7) is 9.16. The van der Waals surface area contributed by atoms with Crippen molar-refractivity contribution in [2.75, 3.05) is 58.5 Å². The lowest BCUT2D eigenvalue weighted by atomic mass is 9.98. The molecule has 10 heteroatoms. The Labute approximate surface area is 225 Å². The van der Waals surface area contributed by atoms with E-state index in [1.54, 1.807) is 18.7 Å². The van der Waals surface area contributed by atoms with E-state index in [1.165, 1.54) is 0 Å². The Hall–Kier alpha value is -2.56. The number of alkyl halides is 1. The fourth-order valence-corrected chi connectivity index (χ4v) is 5.75. The van der Waals surface area contributed by atoms with Gasteiger partial charge in [-0.05, 0) is 51.4 Å². The van der Waals surface area contributed by atoms with Gasteiger partial charge in [0.2, 0.25) is 5.91 Å². The van der Waals surface area contributed by atoms with Gasteiger partial charge in [0.15, 0.2) is 0 Å². The minimum Gasteiger partial charge on any atom is -0.375 e. The molecule has 0 aliphatic carbocycles. The maximum absolute atomic E-state index is 14.3. The Morgan fingerprint density at radius 2 is 1.82 bits per heavy atom. The van der Waals surface area contributed by atoms with Crippen molar-refractivity contribution in [3.63, 3.8) is 0 Å². The molecule has 210 valence electrons. The molecule has 0 saturated carbocycles. The largest absolute Gasteiger partial charge is 0.375 e. The predicted molar refractivity (Wildman–Crippen MR) is 145 cm³/mol. The molecule has 2 aromatic rings. The van der Waals surface area contributed by atoms with Gasteiger partial charge >= 0.3 is 0 Å². The first-order valence-corrected chi connectivity index (χ1v) is 13.7. The zero-order chi connectivity index (χ0) is 27.2. The van der Waals surface area contributed by atoms with Crippen LogP contribution < -0.4 is 4.90 Å². The number of likely N-dealkylation sites (N-methyl/N-ethyl adjacent to an activating group) is 1. The zero-order valence-electron chi connectivity index (χ0n) is 23.4. The van der Waals surface area contributed by atoms with Crippen LogP contribution in [0, 0.1) is 0 Å². The third kappa shape index (κ3) is 6.90. The molecule has 0 bridgehead atoms. The molecule has 0 N–H and O–H groups in total. The number of rotatable bonds is 10. The van der Waals surface area contributed by atoms with E-state index in [4.69, 9.17) is 9.47 Å². The fraction of sp³-hybridized carbons (Fsp3) is 0.679. The monoisotopic (exact) mass is 530 g/mol. The summed E-state index contributed by atoms with van der Waals surface area (Å²) >= 11 is 0. The molecule has 38 heavy (non-hydrogen) atoms. The van der Waals surface area contributed by atoms with Crippen molar-refractivity contribution in [1.82, 2.24) is 24.8 Å². The number of carbonyl (C=O) groups is 1. The number of benzene rings is 1. The van der Waals surface area contributed by atoms with Gasteiger partial charge in [-0.15, -0.1) is 5.10 Å². The van der Waals surface area contributed by atoms with E-state index in [9.17, 15) is 9.18 Å². The first-order chi connectivity index (χ1) is 18.3. The molecule has 1 unspecified atom stereocenters. The van der Waals surface area contributed by atoms with Crippen molar-refractivity contribution < 1.29 is 18.7 Å². The quantitative estimate of drug-likeness (QED) is 0.467. The van der Waals surface area contributed by atoms with Crippen LogP contribution in [-0.2, 0) is 20.7 Å². The third-order valence-electron chi connectivity index (χ3n) is 7.99. The van der Waals surface area contributed by atoms with E-state index in [0.717, 1.165) is 68.9 Å². The summed E-state index contributed by atoms with van der Waals surface area (Å²) in [5.74, 6) is 0.118. The van der Waals surface area contributed by atoms with Crippen LogP contribution >= 0.6 is 0 Å². The Morgan fingerprint density at radius 3 is 2.39 bits per heavy atom. The summed E-state index contributed by atoms with van der Waals surface area (Å²) in [7, 11) is 3.75. The zero-order valence-corrected chi connectivity index (χ0v) is 23.4. The maximum atomic E-state index is 14.3. The van der Waals surface area contributed by atoms with Crippen molar-refractivity contribution in [3.8, 4) is 0 Å². The number of hydrogen-bond donors (Lipinski definition) is 0. The standard InChI is InChI=1S/C28H43FN6O3/c1-20-16-26(17-21(2)38-20)32(4)11-10-24-19-35(31-30-24)27(18-29)28(37-5)23-6-8-25(9-7-23)34-14-12-33(13-15-34)22(3)36/h6-9,19-21,26-28H,10-18H2,1-5H3/t20-,21+,26?,27-,28-/m1/s1. The normalized spacial score (nSPS) is 24.0. The summed E-state index contributed by atoms with van der Waals surface area (Å²) in [4.78, 5) is 18.1. The number of nitrogens with zero attached hydrogens (tertiary/aromatic N) is 6. The SMILES string of the molecule is CO[C@H](c1ccc(N2CCN(C(C)=O)CC2)cc1)[C@@H](CF)n1cc(CCN(C)C2C[C@@H](C)O[C@@H](C)C2)nn1. The molecular formula is C28H43FN6O3. The van der Waals surface area contributed by atoms with Gasteiger partial charge in [0.25, 0.3) is 0 Å². The highest BCUT2D eigenvalue weighted by Crippen LogP contribution is 2.31.